The number of carbonyl (C=O) groups excluding carboxylic acids is 2. The number of benzene rings is 1. The quantitative estimate of drug-likeness (QED) is 0.470. The van der Waals surface area contributed by atoms with Crippen molar-refractivity contribution in [2.24, 2.45) is 0 Å². The van der Waals surface area contributed by atoms with Crippen molar-refractivity contribution in [2.45, 2.75) is 13.0 Å². The van der Waals surface area contributed by atoms with E-state index in [0.29, 0.717) is 0 Å². The van der Waals surface area contributed by atoms with Crippen LogP contribution in [-0.2, 0) is 20.9 Å². The van der Waals surface area contributed by atoms with Gasteiger partial charge in [-0.15, -0.1) is 0 Å². The van der Waals surface area contributed by atoms with Gasteiger partial charge in [0.25, 0.3) is 0 Å². The lowest BCUT2D eigenvalue weighted by molar-refractivity contribution is -0.146. The van der Waals surface area contributed by atoms with Crippen LogP contribution in [0.25, 0.3) is 0 Å². The van der Waals surface area contributed by atoms with Crippen LogP contribution in [0.2, 0.25) is 0 Å². The average molecular weight is 273 g/mol. The third-order valence-electron chi connectivity index (χ3n) is 1.83. The first-order valence-corrected chi connectivity index (χ1v) is 5.58. The topological polar surface area (TPSA) is 43.4 Å². The standard InChI is InChI=1S/C12H10Cl2O3/c13-11(14)6-10(15)7-12(16)17-8-9-4-2-1-3-5-9/h1-6H,7-8H2. The molecule has 1 rings (SSSR count). The number of ketones is 1. The van der Waals surface area contributed by atoms with E-state index in [4.69, 9.17) is 27.9 Å². The Morgan fingerprint density at radius 1 is 1.18 bits per heavy atom. The highest BCUT2D eigenvalue weighted by Gasteiger charge is 2.09. The summed E-state index contributed by atoms with van der Waals surface area (Å²) in [5.74, 6) is -1.09. The number of esters is 1. The molecule has 0 amide bonds. The molecule has 0 fully saturated rings. The molecule has 0 aliphatic heterocycles. The van der Waals surface area contributed by atoms with Gasteiger partial charge in [-0.25, -0.2) is 0 Å². The second-order valence-electron chi connectivity index (χ2n) is 3.22. The second-order valence-corrected chi connectivity index (χ2v) is 4.23. The molecule has 1 aromatic rings. The van der Waals surface area contributed by atoms with E-state index in [-0.39, 0.29) is 17.5 Å². The molecule has 3 nitrogen and oxygen atoms in total. The zero-order chi connectivity index (χ0) is 12.7. The summed E-state index contributed by atoms with van der Waals surface area (Å²) in [5.41, 5.74) is 0.860. The van der Waals surface area contributed by atoms with Gasteiger partial charge in [0, 0.05) is 6.08 Å². The first-order chi connectivity index (χ1) is 8.08. The highest BCUT2D eigenvalue weighted by Crippen LogP contribution is 2.07. The largest absolute Gasteiger partial charge is 0.460 e. The van der Waals surface area contributed by atoms with Gasteiger partial charge in [-0.3, -0.25) is 9.59 Å². The SMILES string of the molecule is O=C(C=C(Cl)Cl)CC(=O)OCc1ccccc1. The van der Waals surface area contributed by atoms with Gasteiger partial charge in [0.1, 0.15) is 17.5 Å². The highest BCUT2D eigenvalue weighted by atomic mass is 35.5. The molecule has 0 heterocycles. The summed E-state index contributed by atoms with van der Waals surface area (Å²) >= 11 is 10.6. The van der Waals surface area contributed by atoms with Crippen molar-refractivity contribution >= 4 is 35.0 Å². The van der Waals surface area contributed by atoms with Crippen molar-refractivity contribution in [3.05, 3.63) is 46.5 Å². The number of hydrogen-bond donors (Lipinski definition) is 0. The minimum atomic E-state index is -0.607. The summed E-state index contributed by atoms with van der Waals surface area (Å²) in [6.45, 7) is 0.144. The van der Waals surface area contributed by atoms with Crippen molar-refractivity contribution in [1.82, 2.24) is 0 Å². The molecule has 0 spiro atoms. The molecule has 0 aliphatic rings. The van der Waals surface area contributed by atoms with E-state index in [1.54, 1.807) is 0 Å². The van der Waals surface area contributed by atoms with Gasteiger partial charge >= 0.3 is 5.97 Å². The normalized spacial score (nSPS) is 9.53. The van der Waals surface area contributed by atoms with E-state index < -0.39 is 11.8 Å². The predicted molar refractivity (Wildman–Crippen MR) is 65.7 cm³/mol. The monoisotopic (exact) mass is 272 g/mol. The third-order valence-corrected chi connectivity index (χ3v) is 2.05. The van der Waals surface area contributed by atoms with Crippen molar-refractivity contribution in [3.63, 3.8) is 0 Å². The predicted octanol–water partition coefficient (Wildman–Crippen LogP) is 3.01. The fraction of sp³-hybridized carbons (Fsp3) is 0.167. The lowest BCUT2D eigenvalue weighted by atomic mass is 10.2. The Morgan fingerprint density at radius 2 is 1.82 bits per heavy atom. The van der Waals surface area contributed by atoms with E-state index in [1.165, 1.54) is 0 Å². The lowest BCUT2D eigenvalue weighted by Crippen LogP contribution is -2.09. The Morgan fingerprint density at radius 3 is 2.41 bits per heavy atom. The first-order valence-electron chi connectivity index (χ1n) is 4.83. The van der Waals surface area contributed by atoms with E-state index in [9.17, 15) is 9.59 Å². The highest BCUT2D eigenvalue weighted by molar-refractivity contribution is 6.56. The summed E-state index contributed by atoms with van der Waals surface area (Å²) in [6.07, 6.45) is 0.614. The van der Waals surface area contributed by atoms with Crippen LogP contribution in [0.1, 0.15) is 12.0 Å². The minimum absolute atomic E-state index is 0.144. The molecule has 90 valence electrons. The molecule has 0 saturated heterocycles. The van der Waals surface area contributed by atoms with Crippen molar-refractivity contribution in [1.29, 1.82) is 0 Å². The van der Waals surface area contributed by atoms with Crippen LogP contribution < -0.4 is 0 Å². The zero-order valence-corrected chi connectivity index (χ0v) is 10.4. The van der Waals surface area contributed by atoms with Gasteiger partial charge < -0.3 is 4.74 Å². The van der Waals surface area contributed by atoms with Gasteiger partial charge in [0.05, 0.1) is 0 Å². The molecule has 0 bridgehead atoms. The fourth-order valence-electron chi connectivity index (χ4n) is 1.10. The smallest absolute Gasteiger partial charge is 0.314 e. The fourth-order valence-corrected chi connectivity index (χ4v) is 1.35. The number of hydrogen-bond acceptors (Lipinski definition) is 3. The van der Waals surface area contributed by atoms with Gasteiger partial charge in [-0.05, 0) is 5.56 Å². The Balaban J connectivity index is 2.36. The van der Waals surface area contributed by atoms with Crippen molar-refractivity contribution < 1.29 is 14.3 Å². The molecule has 0 unspecified atom stereocenters. The molecule has 0 aromatic heterocycles. The maximum atomic E-state index is 11.2. The van der Waals surface area contributed by atoms with Gasteiger partial charge in [0.15, 0.2) is 5.78 Å². The number of ether oxygens (including phenoxy) is 1. The van der Waals surface area contributed by atoms with Crippen LogP contribution in [0, 0.1) is 0 Å². The summed E-state index contributed by atoms with van der Waals surface area (Å²) in [7, 11) is 0. The van der Waals surface area contributed by atoms with Gasteiger partial charge in [0.2, 0.25) is 0 Å². The molecule has 0 N–H and O–H groups in total. The van der Waals surface area contributed by atoms with Crippen LogP contribution in [0.15, 0.2) is 40.9 Å². The minimum Gasteiger partial charge on any atom is -0.460 e. The lowest BCUT2D eigenvalue weighted by Gasteiger charge is -2.03. The van der Waals surface area contributed by atoms with Crippen molar-refractivity contribution in [3.8, 4) is 0 Å². The summed E-state index contributed by atoms with van der Waals surface area (Å²) in [5, 5.41) is 0. The Hall–Kier alpha value is -1.32. The maximum absolute atomic E-state index is 11.2. The Bertz CT molecular complexity index is 423. The van der Waals surface area contributed by atoms with Crippen LogP contribution in [0.4, 0.5) is 0 Å². The number of allylic oxidation sites excluding steroid dienone is 1. The van der Waals surface area contributed by atoms with Crippen LogP contribution in [0.3, 0.4) is 0 Å². The van der Waals surface area contributed by atoms with Crippen molar-refractivity contribution in [2.75, 3.05) is 0 Å². The molecule has 0 aliphatic carbocycles. The summed E-state index contributed by atoms with van der Waals surface area (Å²) in [6, 6.07) is 9.19. The molecule has 5 heteroatoms. The maximum Gasteiger partial charge on any atom is 0.314 e. The molecule has 0 radical (unpaired) electrons. The van der Waals surface area contributed by atoms with Crippen LogP contribution >= 0.6 is 23.2 Å². The second kappa shape index (κ2) is 7.09. The van der Waals surface area contributed by atoms with E-state index >= 15 is 0 Å². The molecular weight excluding hydrogens is 263 g/mol. The molecule has 0 saturated carbocycles. The number of carbonyl (C=O) groups is 2. The van der Waals surface area contributed by atoms with Crippen LogP contribution in [-0.4, -0.2) is 11.8 Å². The number of rotatable bonds is 5. The first kappa shape index (κ1) is 13.7. The molecular formula is C12H10Cl2O3. The number of halogens is 2. The van der Waals surface area contributed by atoms with Crippen LogP contribution in [0.5, 0.6) is 0 Å². The summed E-state index contributed by atoms with van der Waals surface area (Å²) in [4.78, 5) is 22.4. The van der Waals surface area contributed by atoms with E-state index in [0.717, 1.165) is 11.6 Å². The summed E-state index contributed by atoms with van der Waals surface area (Å²) < 4.78 is 4.73. The Kier molecular flexibility index (Phi) is 5.73. The third kappa shape index (κ3) is 6.09. The molecule has 17 heavy (non-hydrogen) atoms. The van der Waals surface area contributed by atoms with Gasteiger partial charge in [-0.2, -0.15) is 0 Å². The Labute approximate surface area is 109 Å². The van der Waals surface area contributed by atoms with Gasteiger partial charge in [-0.1, -0.05) is 53.5 Å². The van der Waals surface area contributed by atoms with E-state index in [2.05, 4.69) is 0 Å². The van der Waals surface area contributed by atoms with E-state index in [1.807, 2.05) is 30.3 Å². The zero-order valence-electron chi connectivity index (χ0n) is 8.86. The average Bonchev–Trinajstić information content (AvgIpc) is 2.26. The molecule has 0 atom stereocenters. The molecule has 1 aromatic carbocycles.